The van der Waals surface area contributed by atoms with E-state index in [1.165, 1.54) is 17.0 Å². The summed E-state index contributed by atoms with van der Waals surface area (Å²) >= 11 is 5.68. The molecule has 1 aromatic rings. The van der Waals surface area contributed by atoms with Crippen molar-refractivity contribution in [1.29, 1.82) is 0 Å². The van der Waals surface area contributed by atoms with Crippen molar-refractivity contribution in [3.63, 3.8) is 0 Å². The molecule has 1 aliphatic carbocycles. The number of amides is 1. The van der Waals surface area contributed by atoms with Crippen LogP contribution in [0.1, 0.15) is 25.7 Å². The normalized spacial score (nSPS) is 25.8. The number of nitrogens with zero attached hydrogens (tertiary/aromatic N) is 1. The Morgan fingerprint density at radius 1 is 1.35 bits per heavy atom. The first-order chi connectivity index (χ1) is 12.3. The van der Waals surface area contributed by atoms with Crippen molar-refractivity contribution in [2.45, 2.75) is 31.8 Å². The van der Waals surface area contributed by atoms with E-state index >= 15 is 0 Å². The molecule has 1 aliphatic heterocycles. The summed E-state index contributed by atoms with van der Waals surface area (Å²) < 4.78 is 18.5. The molecule has 8 heteroatoms. The molecule has 2 fully saturated rings. The third kappa shape index (κ3) is 3.94. The standard InChI is InChI=1S/C18H21ClFNO5/c19-13-7-12(3-4-14(13)20)26-9-16(23)21-6-5-15(22)18(10-21,17(24)25)8-11-1-2-11/h3-4,7,11,15,22H,1-2,5-6,8-10H2,(H,24,25)/t15-,18-/m0/s1. The maximum atomic E-state index is 13.2. The number of aliphatic carboxylic acids is 1. The van der Waals surface area contributed by atoms with E-state index in [2.05, 4.69) is 0 Å². The van der Waals surface area contributed by atoms with Gasteiger partial charge in [-0.15, -0.1) is 0 Å². The molecular weight excluding hydrogens is 365 g/mol. The fourth-order valence-corrected chi connectivity index (χ4v) is 3.60. The van der Waals surface area contributed by atoms with Gasteiger partial charge in [-0.25, -0.2) is 4.39 Å². The van der Waals surface area contributed by atoms with Gasteiger partial charge in [-0.1, -0.05) is 24.4 Å². The van der Waals surface area contributed by atoms with Crippen LogP contribution in [0.5, 0.6) is 5.75 Å². The number of carboxylic acid groups (broad SMARTS) is 1. The summed E-state index contributed by atoms with van der Waals surface area (Å²) in [6, 6.07) is 3.78. The van der Waals surface area contributed by atoms with Gasteiger partial charge in [-0.05, 0) is 30.9 Å². The predicted molar refractivity (Wildman–Crippen MR) is 91.5 cm³/mol. The Labute approximate surface area is 155 Å². The number of carboxylic acids is 1. The van der Waals surface area contributed by atoms with Crippen molar-refractivity contribution in [2.75, 3.05) is 19.7 Å². The van der Waals surface area contributed by atoms with E-state index in [1.54, 1.807) is 0 Å². The van der Waals surface area contributed by atoms with Crippen LogP contribution in [0, 0.1) is 17.2 Å². The fraction of sp³-hybridized carbons (Fsp3) is 0.556. The molecule has 0 unspecified atom stereocenters. The third-order valence-electron chi connectivity index (χ3n) is 5.17. The molecule has 1 aromatic carbocycles. The highest BCUT2D eigenvalue weighted by molar-refractivity contribution is 6.30. The van der Waals surface area contributed by atoms with E-state index < -0.39 is 23.3 Å². The lowest BCUT2D eigenvalue weighted by molar-refractivity contribution is -0.167. The van der Waals surface area contributed by atoms with Crippen LogP contribution < -0.4 is 4.74 Å². The molecule has 1 saturated carbocycles. The van der Waals surface area contributed by atoms with Crippen LogP contribution in [0.25, 0.3) is 0 Å². The zero-order valence-electron chi connectivity index (χ0n) is 14.2. The first-order valence-electron chi connectivity index (χ1n) is 8.59. The van der Waals surface area contributed by atoms with Crippen LogP contribution in [0.4, 0.5) is 4.39 Å². The topological polar surface area (TPSA) is 87.1 Å². The van der Waals surface area contributed by atoms with E-state index in [9.17, 15) is 24.2 Å². The molecule has 2 aliphatic rings. The highest BCUT2D eigenvalue weighted by Gasteiger charge is 2.52. The molecule has 1 saturated heterocycles. The average Bonchev–Trinajstić information content (AvgIpc) is 3.41. The number of likely N-dealkylation sites (tertiary alicyclic amines) is 1. The molecule has 0 aromatic heterocycles. The Hall–Kier alpha value is -1.86. The number of aliphatic hydroxyl groups excluding tert-OH is 1. The van der Waals surface area contributed by atoms with Crippen molar-refractivity contribution in [3.8, 4) is 5.75 Å². The summed E-state index contributed by atoms with van der Waals surface area (Å²) in [4.78, 5) is 25.8. The number of piperidine rings is 1. The molecule has 1 amide bonds. The number of carbonyl (C=O) groups excluding carboxylic acids is 1. The molecule has 0 spiro atoms. The van der Waals surface area contributed by atoms with Crippen LogP contribution >= 0.6 is 11.6 Å². The monoisotopic (exact) mass is 385 g/mol. The SMILES string of the molecule is O=C(COc1ccc(F)c(Cl)c1)N1CC[C@H](O)[C@@](CC2CC2)(C(=O)O)C1. The van der Waals surface area contributed by atoms with Crippen LogP contribution in [0.3, 0.4) is 0 Å². The molecule has 3 rings (SSSR count). The molecule has 0 radical (unpaired) electrons. The Bertz CT molecular complexity index is 711. The first-order valence-corrected chi connectivity index (χ1v) is 8.97. The number of benzene rings is 1. The molecule has 26 heavy (non-hydrogen) atoms. The molecule has 6 nitrogen and oxygen atoms in total. The van der Waals surface area contributed by atoms with E-state index in [0.717, 1.165) is 18.9 Å². The first kappa shape index (κ1) is 18.9. The number of ether oxygens (including phenoxy) is 1. The van der Waals surface area contributed by atoms with Gasteiger partial charge < -0.3 is 19.8 Å². The van der Waals surface area contributed by atoms with E-state index in [0.29, 0.717) is 12.3 Å². The molecule has 0 bridgehead atoms. The zero-order valence-corrected chi connectivity index (χ0v) is 14.9. The number of aliphatic hydroxyl groups is 1. The Morgan fingerprint density at radius 3 is 2.69 bits per heavy atom. The maximum absolute atomic E-state index is 13.2. The second-order valence-electron chi connectivity index (χ2n) is 7.09. The number of rotatable bonds is 6. The lowest BCUT2D eigenvalue weighted by Gasteiger charge is -2.43. The van der Waals surface area contributed by atoms with Crippen LogP contribution in [-0.4, -0.2) is 52.8 Å². The van der Waals surface area contributed by atoms with Gasteiger partial charge in [0.1, 0.15) is 17.0 Å². The summed E-state index contributed by atoms with van der Waals surface area (Å²) in [7, 11) is 0. The Kier molecular flexibility index (Phi) is 5.39. The van der Waals surface area contributed by atoms with Gasteiger partial charge in [0.15, 0.2) is 6.61 Å². The van der Waals surface area contributed by atoms with Gasteiger partial charge in [-0.2, -0.15) is 0 Å². The minimum absolute atomic E-state index is 0.0353. The van der Waals surface area contributed by atoms with E-state index in [-0.39, 0.29) is 42.8 Å². The van der Waals surface area contributed by atoms with Gasteiger partial charge in [0.25, 0.3) is 5.91 Å². The summed E-state index contributed by atoms with van der Waals surface area (Å²) in [5.41, 5.74) is -1.33. The van der Waals surface area contributed by atoms with Crippen molar-refractivity contribution >= 4 is 23.5 Å². The van der Waals surface area contributed by atoms with E-state index in [4.69, 9.17) is 16.3 Å². The largest absolute Gasteiger partial charge is 0.484 e. The second-order valence-corrected chi connectivity index (χ2v) is 7.50. The Balaban J connectivity index is 1.65. The minimum Gasteiger partial charge on any atom is -0.484 e. The minimum atomic E-state index is -1.33. The van der Waals surface area contributed by atoms with Crippen molar-refractivity contribution in [3.05, 3.63) is 29.0 Å². The van der Waals surface area contributed by atoms with Crippen LogP contribution in [-0.2, 0) is 9.59 Å². The molecule has 142 valence electrons. The predicted octanol–water partition coefficient (Wildman–Crippen LogP) is 2.32. The van der Waals surface area contributed by atoms with Gasteiger partial charge in [0.2, 0.25) is 0 Å². The number of halogens is 2. The summed E-state index contributed by atoms with van der Waals surface area (Å²) in [6.45, 7) is -0.0726. The smallest absolute Gasteiger partial charge is 0.314 e. The Morgan fingerprint density at radius 2 is 2.08 bits per heavy atom. The lowest BCUT2D eigenvalue weighted by Crippen LogP contribution is -2.58. The van der Waals surface area contributed by atoms with Gasteiger partial charge in [0.05, 0.1) is 11.1 Å². The lowest BCUT2D eigenvalue weighted by atomic mass is 9.73. The molecule has 1 heterocycles. The number of hydrogen-bond donors (Lipinski definition) is 2. The zero-order chi connectivity index (χ0) is 18.9. The highest BCUT2D eigenvalue weighted by atomic mass is 35.5. The fourth-order valence-electron chi connectivity index (χ4n) is 3.43. The highest BCUT2D eigenvalue weighted by Crippen LogP contribution is 2.45. The van der Waals surface area contributed by atoms with E-state index in [1.807, 2.05) is 0 Å². The summed E-state index contributed by atoms with van der Waals surface area (Å²) in [6.07, 6.45) is 1.55. The summed E-state index contributed by atoms with van der Waals surface area (Å²) in [5.74, 6) is -1.47. The van der Waals surface area contributed by atoms with Gasteiger partial charge in [-0.3, -0.25) is 9.59 Å². The van der Waals surface area contributed by atoms with Crippen molar-refractivity contribution in [2.24, 2.45) is 11.3 Å². The van der Waals surface area contributed by atoms with Crippen molar-refractivity contribution < 1.29 is 28.9 Å². The number of carbonyl (C=O) groups is 2. The van der Waals surface area contributed by atoms with Crippen molar-refractivity contribution in [1.82, 2.24) is 4.90 Å². The van der Waals surface area contributed by atoms with Gasteiger partial charge in [0, 0.05) is 19.2 Å². The summed E-state index contributed by atoms with van der Waals surface area (Å²) in [5, 5.41) is 19.9. The van der Waals surface area contributed by atoms with Gasteiger partial charge >= 0.3 is 5.97 Å². The van der Waals surface area contributed by atoms with Crippen LogP contribution in [0.15, 0.2) is 18.2 Å². The second kappa shape index (κ2) is 7.40. The number of hydrogen-bond acceptors (Lipinski definition) is 4. The van der Waals surface area contributed by atoms with Crippen LogP contribution in [0.2, 0.25) is 5.02 Å². The molecule has 2 N–H and O–H groups in total. The quantitative estimate of drug-likeness (QED) is 0.784. The molecule has 2 atom stereocenters. The molecular formula is C18H21ClFNO5. The maximum Gasteiger partial charge on any atom is 0.314 e. The average molecular weight is 386 g/mol. The third-order valence-corrected chi connectivity index (χ3v) is 5.45.